The van der Waals surface area contributed by atoms with Crippen molar-refractivity contribution in [3.63, 3.8) is 0 Å². The lowest BCUT2D eigenvalue weighted by Crippen LogP contribution is -1.87. The molecule has 0 aliphatic carbocycles. The molecule has 1 nitrogen and oxygen atoms in total. The first-order valence-corrected chi connectivity index (χ1v) is 18.4. The summed E-state index contributed by atoms with van der Waals surface area (Å²) >= 11 is 0. The lowest BCUT2D eigenvalue weighted by molar-refractivity contribution is 0.669. The SMILES string of the molecule is Cc1ccc(-c2cc(-c3ccc(C)cc3)cc(-c3ccc4oc5ccc(-c6cc(-c7ccc(C)cc7)cc(-c7ccc(C)cc7)c6)cc5c4c3)c2)cc1. The Balaban J connectivity index is 1.18. The Morgan fingerprint density at radius 3 is 0.717 bits per heavy atom. The van der Waals surface area contributed by atoms with E-state index in [-0.39, 0.29) is 0 Å². The van der Waals surface area contributed by atoms with Crippen molar-refractivity contribution in [1.29, 1.82) is 0 Å². The minimum absolute atomic E-state index is 0.892. The van der Waals surface area contributed by atoms with Crippen LogP contribution in [0.4, 0.5) is 0 Å². The Bertz CT molecular complexity index is 2440. The summed E-state index contributed by atoms with van der Waals surface area (Å²) in [6.07, 6.45) is 0. The van der Waals surface area contributed by atoms with Crippen molar-refractivity contribution < 1.29 is 4.42 Å². The van der Waals surface area contributed by atoms with Gasteiger partial charge in [0.05, 0.1) is 0 Å². The van der Waals surface area contributed by atoms with Crippen molar-refractivity contribution in [3.05, 3.63) is 192 Å². The fraction of sp³-hybridized carbons (Fsp3) is 0.0769. The molecule has 0 aliphatic rings. The summed E-state index contributed by atoms with van der Waals surface area (Å²) in [4.78, 5) is 0. The van der Waals surface area contributed by atoms with Crippen LogP contribution < -0.4 is 0 Å². The molecule has 9 aromatic rings. The molecule has 0 saturated carbocycles. The molecule has 1 heterocycles. The van der Waals surface area contributed by atoms with Crippen molar-refractivity contribution >= 4 is 21.9 Å². The number of hydrogen-bond acceptors (Lipinski definition) is 1. The van der Waals surface area contributed by atoms with Gasteiger partial charge in [-0.2, -0.15) is 0 Å². The van der Waals surface area contributed by atoms with Gasteiger partial charge in [-0.05, 0) is 155 Å². The van der Waals surface area contributed by atoms with E-state index < -0.39 is 0 Å². The lowest BCUT2D eigenvalue weighted by Gasteiger charge is -2.12. The largest absolute Gasteiger partial charge is 0.456 e. The molecule has 1 heteroatoms. The van der Waals surface area contributed by atoms with Crippen LogP contribution in [0.1, 0.15) is 22.3 Å². The second-order valence-electron chi connectivity index (χ2n) is 14.6. The summed E-state index contributed by atoms with van der Waals surface area (Å²) in [6.45, 7) is 8.55. The maximum atomic E-state index is 6.45. The van der Waals surface area contributed by atoms with Gasteiger partial charge in [-0.25, -0.2) is 0 Å². The van der Waals surface area contributed by atoms with Crippen LogP contribution in [0.5, 0.6) is 0 Å². The number of fused-ring (bicyclic) bond motifs is 3. The van der Waals surface area contributed by atoms with Crippen molar-refractivity contribution in [2.45, 2.75) is 27.7 Å². The van der Waals surface area contributed by atoms with E-state index >= 15 is 0 Å². The second-order valence-corrected chi connectivity index (χ2v) is 14.6. The van der Waals surface area contributed by atoms with Gasteiger partial charge in [0.25, 0.3) is 0 Å². The zero-order valence-corrected chi connectivity index (χ0v) is 30.6. The zero-order valence-electron chi connectivity index (χ0n) is 30.6. The second kappa shape index (κ2) is 13.3. The standard InChI is InChI=1S/C52H40O/c1-33-5-13-37(14-6-33)43-25-44(38-15-7-34(2)8-16-38)28-47(27-43)41-21-23-51-49(31-41)50-32-42(22-24-52(50)53-51)48-29-45(39-17-9-35(3)10-18-39)26-46(30-48)40-19-11-36(4)12-20-40/h5-32H,1-4H3. The molecule has 0 aliphatic heterocycles. The van der Waals surface area contributed by atoms with Crippen molar-refractivity contribution in [2.24, 2.45) is 0 Å². The molecule has 0 radical (unpaired) electrons. The minimum atomic E-state index is 0.892. The number of aryl methyl sites for hydroxylation is 4. The number of hydrogen-bond donors (Lipinski definition) is 0. The molecular weight excluding hydrogens is 641 g/mol. The molecule has 8 aromatic carbocycles. The summed E-state index contributed by atoms with van der Waals surface area (Å²) in [5.41, 5.74) is 21.2. The third-order valence-corrected chi connectivity index (χ3v) is 10.5. The third-order valence-electron chi connectivity index (χ3n) is 10.5. The molecule has 9 rings (SSSR count). The highest BCUT2D eigenvalue weighted by atomic mass is 16.3. The Morgan fingerprint density at radius 1 is 0.226 bits per heavy atom. The molecule has 0 spiro atoms. The summed E-state index contributed by atoms with van der Waals surface area (Å²) < 4.78 is 6.45. The van der Waals surface area contributed by atoms with Gasteiger partial charge in [0.2, 0.25) is 0 Å². The summed E-state index contributed by atoms with van der Waals surface area (Å²) in [6, 6.07) is 62.4. The molecule has 0 unspecified atom stereocenters. The monoisotopic (exact) mass is 680 g/mol. The molecule has 0 fully saturated rings. The molecule has 0 bridgehead atoms. The quantitative estimate of drug-likeness (QED) is 0.170. The van der Waals surface area contributed by atoms with Gasteiger partial charge < -0.3 is 4.42 Å². The molecule has 0 amide bonds. The van der Waals surface area contributed by atoms with E-state index in [1.807, 2.05) is 0 Å². The predicted octanol–water partition coefficient (Wildman–Crippen LogP) is 14.8. The lowest BCUT2D eigenvalue weighted by atomic mass is 9.91. The van der Waals surface area contributed by atoms with Gasteiger partial charge in [0.15, 0.2) is 0 Å². The molecule has 53 heavy (non-hydrogen) atoms. The van der Waals surface area contributed by atoms with Gasteiger partial charge in [0, 0.05) is 10.8 Å². The van der Waals surface area contributed by atoms with Gasteiger partial charge >= 0.3 is 0 Å². The van der Waals surface area contributed by atoms with E-state index in [2.05, 4.69) is 198 Å². The van der Waals surface area contributed by atoms with Crippen LogP contribution in [-0.4, -0.2) is 0 Å². The van der Waals surface area contributed by atoms with Crippen LogP contribution in [0.15, 0.2) is 174 Å². The van der Waals surface area contributed by atoms with E-state index in [9.17, 15) is 0 Å². The van der Waals surface area contributed by atoms with E-state index in [1.165, 1.54) is 77.9 Å². The highest BCUT2D eigenvalue weighted by Crippen LogP contribution is 2.39. The van der Waals surface area contributed by atoms with Gasteiger partial charge in [0.1, 0.15) is 11.2 Å². The van der Waals surface area contributed by atoms with Gasteiger partial charge in [-0.15, -0.1) is 0 Å². The fourth-order valence-electron chi connectivity index (χ4n) is 7.38. The fourth-order valence-corrected chi connectivity index (χ4v) is 7.38. The normalized spacial score (nSPS) is 11.4. The van der Waals surface area contributed by atoms with Crippen molar-refractivity contribution in [2.75, 3.05) is 0 Å². The topological polar surface area (TPSA) is 13.1 Å². The van der Waals surface area contributed by atoms with Crippen molar-refractivity contribution in [3.8, 4) is 66.8 Å². The summed E-state index contributed by atoms with van der Waals surface area (Å²) in [7, 11) is 0. The zero-order chi connectivity index (χ0) is 36.1. The molecule has 1 aromatic heterocycles. The first-order chi connectivity index (χ1) is 25.8. The van der Waals surface area contributed by atoms with E-state index in [1.54, 1.807) is 0 Å². The van der Waals surface area contributed by atoms with Crippen LogP contribution >= 0.6 is 0 Å². The summed E-state index contributed by atoms with van der Waals surface area (Å²) in [5, 5.41) is 2.23. The number of furan rings is 1. The highest BCUT2D eigenvalue weighted by Gasteiger charge is 2.14. The summed E-state index contributed by atoms with van der Waals surface area (Å²) in [5.74, 6) is 0. The van der Waals surface area contributed by atoms with Gasteiger partial charge in [-0.3, -0.25) is 0 Å². The Morgan fingerprint density at radius 2 is 0.453 bits per heavy atom. The maximum Gasteiger partial charge on any atom is 0.135 e. The Hall–Kier alpha value is -6.44. The Labute approximate surface area is 311 Å². The first kappa shape index (κ1) is 32.5. The molecular formula is C52H40O. The molecule has 0 N–H and O–H groups in total. The van der Waals surface area contributed by atoms with E-state index in [0.717, 1.165) is 33.1 Å². The van der Waals surface area contributed by atoms with Crippen LogP contribution in [0.2, 0.25) is 0 Å². The van der Waals surface area contributed by atoms with Crippen molar-refractivity contribution in [1.82, 2.24) is 0 Å². The maximum absolute atomic E-state index is 6.45. The predicted molar refractivity (Wildman–Crippen MR) is 225 cm³/mol. The first-order valence-electron chi connectivity index (χ1n) is 18.4. The molecule has 254 valence electrons. The average Bonchev–Trinajstić information content (AvgIpc) is 3.56. The third kappa shape index (κ3) is 6.47. The Kier molecular flexibility index (Phi) is 8.13. The number of benzene rings is 8. The molecule has 0 atom stereocenters. The average molecular weight is 681 g/mol. The van der Waals surface area contributed by atoms with Crippen LogP contribution in [0, 0.1) is 27.7 Å². The van der Waals surface area contributed by atoms with E-state index in [4.69, 9.17) is 4.42 Å². The van der Waals surface area contributed by atoms with E-state index in [0.29, 0.717) is 0 Å². The van der Waals surface area contributed by atoms with Crippen LogP contribution in [0.3, 0.4) is 0 Å². The van der Waals surface area contributed by atoms with Crippen LogP contribution in [-0.2, 0) is 0 Å². The molecule has 0 saturated heterocycles. The van der Waals surface area contributed by atoms with Crippen LogP contribution in [0.25, 0.3) is 88.7 Å². The number of rotatable bonds is 6. The highest BCUT2D eigenvalue weighted by molar-refractivity contribution is 6.08. The van der Waals surface area contributed by atoms with Gasteiger partial charge in [-0.1, -0.05) is 131 Å². The minimum Gasteiger partial charge on any atom is -0.456 e. The smallest absolute Gasteiger partial charge is 0.135 e.